The van der Waals surface area contributed by atoms with Gasteiger partial charge in [0.1, 0.15) is 0 Å². The number of alkyl carbamates (subject to hydrolysis) is 1. The zero-order chi connectivity index (χ0) is 11.1. The lowest BCUT2D eigenvalue weighted by Gasteiger charge is -2.23. The van der Waals surface area contributed by atoms with Crippen LogP contribution in [0.1, 0.15) is 25.5 Å². The Labute approximate surface area is 96.9 Å². The quantitative estimate of drug-likeness (QED) is 0.851. The van der Waals surface area contributed by atoms with Crippen LogP contribution in [0.5, 0.6) is 0 Å². The summed E-state index contributed by atoms with van der Waals surface area (Å²) in [4.78, 5) is 11.2. The molecule has 0 bridgehead atoms. The van der Waals surface area contributed by atoms with Crippen molar-refractivity contribution in [3.05, 3.63) is 34.3 Å². The second-order valence-electron chi connectivity index (χ2n) is 4.18. The van der Waals surface area contributed by atoms with Crippen molar-refractivity contribution in [3.8, 4) is 0 Å². The van der Waals surface area contributed by atoms with E-state index in [2.05, 4.69) is 21.2 Å². The SMILES string of the molecule is CC1(C)NC(=O)O[C@@H]1c1ccc(Br)cc1. The lowest BCUT2D eigenvalue weighted by molar-refractivity contribution is 0.118. The fourth-order valence-corrected chi connectivity index (χ4v) is 2.00. The molecular formula is C11H12BrNO2. The van der Waals surface area contributed by atoms with Crippen molar-refractivity contribution in [2.45, 2.75) is 25.5 Å². The van der Waals surface area contributed by atoms with Crippen LogP contribution < -0.4 is 5.32 Å². The minimum Gasteiger partial charge on any atom is -0.439 e. The van der Waals surface area contributed by atoms with Gasteiger partial charge in [-0.05, 0) is 31.5 Å². The Morgan fingerprint density at radius 3 is 2.40 bits per heavy atom. The lowest BCUT2D eigenvalue weighted by atomic mass is 9.92. The largest absolute Gasteiger partial charge is 0.439 e. The third-order valence-electron chi connectivity index (χ3n) is 2.48. The molecule has 1 aliphatic heterocycles. The number of ether oxygens (including phenoxy) is 1. The molecule has 0 unspecified atom stereocenters. The summed E-state index contributed by atoms with van der Waals surface area (Å²) in [6.45, 7) is 3.90. The Bertz CT molecular complexity index is 386. The smallest absolute Gasteiger partial charge is 0.408 e. The van der Waals surface area contributed by atoms with Crippen molar-refractivity contribution < 1.29 is 9.53 Å². The number of carbonyl (C=O) groups excluding carboxylic acids is 1. The first-order chi connectivity index (χ1) is 6.99. The van der Waals surface area contributed by atoms with E-state index in [0.29, 0.717) is 0 Å². The van der Waals surface area contributed by atoms with Crippen LogP contribution in [0.15, 0.2) is 28.7 Å². The van der Waals surface area contributed by atoms with Crippen LogP contribution in [0, 0.1) is 0 Å². The van der Waals surface area contributed by atoms with E-state index in [1.54, 1.807) is 0 Å². The second-order valence-corrected chi connectivity index (χ2v) is 5.10. The van der Waals surface area contributed by atoms with Gasteiger partial charge in [-0.2, -0.15) is 0 Å². The Morgan fingerprint density at radius 2 is 1.93 bits per heavy atom. The minimum absolute atomic E-state index is 0.224. The summed E-state index contributed by atoms with van der Waals surface area (Å²) in [5.41, 5.74) is 0.645. The zero-order valence-corrected chi connectivity index (χ0v) is 10.2. The Balaban J connectivity index is 2.31. The molecule has 1 N–H and O–H groups in total. The van der Waals surface area contributed by atoms with E-state index in [0.717, 1.165) is 10.0 Å². The van der Waals surface area contributed by atoms with Crippen LogP contribution in [0.2, 0.25) is 0 Å². The van der Waals surface area contributed by atoms with Crippen molar-refractivity contribution in [2.24, 2.45) is 0 Å². The van der Waals surface area contributed by atoms with Crippen LogP contribution in [0.4, 0.5) is 4.79 Å². The molecule has 1 aliphatic rings. The van der Waals surface area contributed by atoms with Gasteiger partial charge in [0.25, 0.3) is 0 Å². The molecule has 1 aromatic carbocycles. The first kappa shape index (κ1) is 10.5. The van der Waals surface area contributed by atoms with Gasteiger partial charge in [-0.1, -0.05) is 28.1 Å². The predicted octanol–water partition coefficient (Wildman–Crippen LogP) is 3.01. The summed E-state index contributed by atoms with van der Waals surface area (Å²) in [5.74, 6) is 0. The maximum absolute atomic E-state index is 11.2. The maximum Gasteiger partial charge on any atom is 0.408 e. The lowest BCUT2D eigenvalue weighted by Crippen LogP contribution is -2.38. The van der Waals surface area contributed by atoms with Gasteiger partial charge in [0, 0.05) is 4.47 Å². The van der Waals surface area contributed by atoms with E-state index in [9.17, 15) is 4.79 Å². The molecule has 1 fully saturated rings. The molecule has 1 amide bonds. The predicted molar refractivity (Wildman–Crippen MR) is 60.6 cm³/mol. The fraction of sp³-hybridized carbons (Fsp3) is 0.364. The molecule has 15 heavy (non-hydrogen) atoms. The van der Waals surface area contributed by atoms with Gasteiger partial charge < -0.3 is 10.1 Å². The topological polar surface area (TPSA) is 38.3 Å². The molecule has 0 radical (unpaired) electrons. The van der Waals surface area contributed by atoms with Gasteiger partial charge in [-0.15, -0.1) is 0 Å². The van der Waals surface area contributed by atoms with Gasteiger partial charge in [0.15, 0.2) is 6.10 Å². The average molecular weight is 270 g/mol. The van der Waals surface area contributed by atoms with Crippen molar-refractivity contribution in [1.82, 2.24) is 5.32 Å². The summed E-state index contributed by atoms with van der Waals surface area (Å²) in [6, 6.07) is 7.79. The van der Waals surface area contributed by atoms with Crippen molar-refractivity contribution in [2.75, 3.05) is 0 Å². The molecule has 0 saturated carbocycles. The molecule has 1 atom stereocenters. The highest BCUT2D eigenvalue weighted by Gasteiger charge is 2.41. The number of carbonyl (C=O) groups is 1. The molecule has 4 heteroatoms. The van der Waals surface area contributed by atoms with Crippen LogP contribution in [-0.4, -0.2) is 11.6 Å². The molecule has 0 spiro atoms. The van der Waals surface area contributed by atoms with Gasteiger partial charge >= 0.3 is 6.09 Å². The molecular weight excluding hydrogens is 258 g/mol. The third kappa shape index (κ3) is 2.00. The number of nitrogens with one attached hydrogen (secondary N) is 1. The number of benzene rings is 1. The van der Waals surface area contributed by atoms with Crippen LogP contribution in [0.3, 0.4) is 0 Å². The Kier molecular flexibility index (Phi) is 2.46. The first-order valence-corrected chi connectivity index (χ1v) is 5.52. The number of hydrogen-bond acceptors (Lipinski definition) is 2. The van der Waals surface area contributed by atoms with Gasteiger partial charge in [-0.25, -0.2) is 4.79 Å². The highest BCUT2D eigenvalue weighted by Crippen LogP contribution is 2.34. The third-order valence-corrected chi connectivity index (χ3v) is 3.01. The van der Waals surface area contributed by atoms with Gasteiger partial charge in [0.2, 0.25) is 0 Å². The first-order valence-electron chi connectivity index (χ1n) is 4.73. The summed E-state index contributed by atoms with van der Waals surface area (Å²) in [7, 11) is 0. The van der Waals surface area contributed by atoms with E-state index in [-0.39, 0.29) is 17.7 Å². The molecule has 1 heterocycles. The number of amides is 1. The number of rotatable bonds is 1. The van der Waals surface area contributed by atoms with Crippen LogP contribution in [0.25, 0.3) is 0 Å². The number of hydrogen-bond donors (Lipinski definition) is 1. The molecule has 0 aromatic heterocycles. The summed E-state index contributed by atoms with van der Waals surface area (Å²) < 4.78 is 6.25. The normalized spacial score (nSPS) is 23.4. The molecule has 1 aromatic rings. The number of halogens is 1. The highest BCUT2D eigenvalue weighted by molar-refractivity contribution is 9.10. The molecule has 3 nitrogen and oxygen atoms in total. The molecule has 80 valence electrons. The van der Waals surface area contributed by atoms with Crippen LogP contribution >= 0.6 is 15.9 Å². The van der Waals surface area contributed by atoms with Gasteiger partial charge in [-0.3, -0.25) is 0 Å². The fourth-order valence-electron chi connectivity index (χ4n) is 1.73. The Hall–Kier alpha value is -1.03. The second kappa shape index (κ2) is 3.52. The van der Waals surface area contributed by atoms with Crippen LogP contribution in [-0.2, 0) is 4.74 Å². The van der Waals surface area contributed by atoms with E-state index < -0.39 is 0 Å². The zero-order valence-electron chi connectivity index (χ0n) is 8.58. The molecule has 1 saturated heterocycles. The van der Waals surface area contributed by atoms with Crippen molar-refractivity contribution in [1.29, 1.82) is 0 Å². The standard InChI is InChI=1S/C11H12BrNO2/c1-11(2)9(15-10(14)13-11)7-3-5-8(12)6-4-7/h3-6,9H,1-2H3,(H,13,14)/t9-/m1/s1. The average Bonchev–Trinajstić information content (AvgIpc) is 2.41. The molecule has 2 rings (SSSR count). The molecule has 0 aliphatic carbocycles. The maximum atomic E-state index is 11.2. The summed E-state index contributed by atoms with van der Waals surface area (Å²) in [6.07, 6.45) is -0.578. The van der Waals surface area contributed by atoms with E-state index in [4.69, 9.17) is 4.74 Å². The monoisotopic (exact) mass is 269 g/mol. The minimum atomic E-state index is -0.356. The summed E-state index contributed by atoms with van der Waals surface area (Å²) in [5, 5.41) is 2.78. The number of cyclic esters (lactones) is 1. The van der Waals surface area contributed by atoms with E-state index in [1.807, 2.05) is 38.1 Å². The van der Waals surface area contributed by atoms with Crippen molar-refractivity contribution >= 4 is 22.0 Å². The summed E-state index contributed by atoms with van der Waals surface area (Å²) >= 11 is 3.37. The highest BCUT2D eigenvalue weighted by atomic mass is 79.9. The van der Waals surface area contributed by atoms with E-state index >= 15 is 0 Å². The van der Waals surface area contributed by atoms with E-state index in [1.165, 1.54) is 0 Å². The van der Waals surface area contributed by atoms with Crippen molar-refractivity contribution in [3.63, 3.8) is 0 Å². The van der Waals surface area contributed by atoms with Gasteiger partial charge in [0.05, 0.1) is 5.54 Å². The Morgan fingerprint density at radius 1 is 1.33 bits per heavy atom.